The van der Waals surface area contributed by atoms with Crippen molar-refractivity contribution in [3.05, 3.63) is 83.5 Å². The monoisotopic (exact) mass is 445 g/mol. The standard InChI is InChI=1S/C26H27N3O4/c30-23(22-3-2-20-7-9-27-10-8-21(20)16-22)4-6-26(31)29-13-11-28(12-14-29)17-19-1-5-24-25(15-19)33-18-32-24/h1-3,5,11-16,27H,4,6-10,17-18H2. The van der Waals surface area contributed by atoms with Crippen LogP contribution in [0.2, 0.25) is 0 Å². The second-order valence-corrected chi connectivity index (χ2v) is 8.41. The average molecular weight is 446 g/mol. The Bertz CT molecular complexity index is 1110. The molecule has 0 spiro atoms. The number of ketones is 1. The maximum Gasteiger partial charge on any atom is 0.231 e. The van der Waals surface area contributed by atoms with Crippen LogP contribution in [0.5, 0.6) is 11.5 Å². The van der Waals surface area contributed by atoms with Crippen molar-refractivity contribution < 1.29 is 19.1 Å². The number of amides is 1. The molecule has 1 N–H and O–H groups in total. The van der Waals surface area contributed by atoms with Gasteiger partial charge in [-0.1, -0.05) is 18.2 Å². The molecule has 0 atom stereocenters. The van der Waals surface area contributed by atoms with E-state index in [1.54, 1.807) is 12.4 Å². The molecule has 0 fully saturated rings. The molecule has 3 aliphatic rings. The van der Waals surface area contributed by atoms with E-state index in [2.05, 4.69) is 11.4 Å². The lowest BCUT2D eigenvalue weighted by molar-refractivity contribution is -0.126. The second-order valence-electron chi connectivity index (χ2n) is 8.41. The fraction of sp³-hybridized carbons (Fsp3) is 0.308. The van der Waals surface area contributed by atoms with Gasteiger partial charge in [0.25, 0.3) is 0 Å². The number of hydrogen-bond donors (Lipinski definition) is 1. The fourth-order valence-electron chi connectivity index (χ4n) is 4.28. The number of fused-ring (bicyclic) bond motifs is 2. The van der Waals surface area contributed by atoms with Gasteiger partial charge in [-0.15, -0.1) is 0 Å². The van der Waals surface area contributed by atoms with Gasteiger partial charge in [0.2, 0.25) is 12.7 Å². The first kappa shape index (κ1) is 21.3. The number of nitrogens with one attached hydrogen (secondary N) is 1. The Hall–Kier alpha value is -3.58. The van der Waals surface area contributed by atoms with Crippen LogP contribution in [-0.2, 0) is 24.2 Å². The highest BCUT2D eigenvalue weighted by Gasteiger charge is 2.17. The second kappa shape index (κ2) is 9.50. The van der Waals surface area contributed by atoms with Gasteiger partial charge >= 0.3 is 0 Å². The molecule has 0 aliphatic carbocycles. The van der Waals surface area contributed by atoms with Crippen molar-refractivity contribution in [3.63, 3.8) is 0 Å². The van der Waals surface area contributed by atoms with Crippen LogP contribution in [0.4, 0.5) is 0 Å². The van der Waals surface area contributed by atoms with Crippen molar-refractivity contribution in [3.8, 4) is 11.5 Å². The summed E-state index contributed by atoms with van der Waals surface area (Å²) in [6.07, 6.45) is 9.46. The first-order valence-electron chi connectivity index (χ1n) is 11.3. The highest BCUT2D eigenvalue weighted by Crippen LogP contribution is 2.33. The first-order chi connectivity index (χ1) is 16.2. The average Bonchev–Trinajstić information content (AvgIpc) is 3.18. The molecular formula is C26H27N3O4. The van der Waals surface area contributed by atoms with Crippen LogP contribution in [0.25, 0.3) is 0 Å². The molecule has 0 radical (unpaired) electrons. The molecule has 1 amide bonds. The summed E-state index contributed by atoms with van der Waals surface area (Å²) in [5, 5.41) is 3.38. The Morgan fingerprint density at radius 2 is 1.64 bits per heavy atom. The molecule has 3 aliphatic heterocycles. The third-order valence-corrected chi connectivity index (χ3v) is 6.16. The Balaban J connectivity index is 1.12. The molecule has 5 rings (SSSR count). The van der Waals surface area contributed by atoms with E-state index in [1.807, 2.05) is 47.6 Å². The third-order valence-electron chi connectivity index (χ3n) is 6.16. The van der Waals surface area contributed by atoms with E-state index >= 15 is 0 Å². The summed E-state index contributed by atoms with van der Waals surface area (Å²) in [4.78, 5) is 28.8. The molecule has 0 unspecified atom stereocenters. The zero-order valence-corrected chi connectivity index (χ0v) is 18.5. The predicted molar refractivity (Wildman–Crippen MR) is 124 cm³/mol. The molecule has 0 aromatic heterocycles. The van der Waals surface area contributed by atoms with Gasteiger partial charge in [0.05, 0.1) is 0 Å². The van der Waals surface area contributed by atoms with Gasteiger partial charge in [0, 0.05) is 49.7 Å². The Kier molecular flexibility index (Phi) is 6.13. The van der Waals surface area contributed by atoms with Gasteiger partial charge in [-0.25, -0.2) is 0 Å². The predicted octanol–water partition coefficient (Wildman–Crippen LogP) is 3.35. The van der Waals surface area contributed by atoms with E-state index in [0.29, 0.717) is 12.1 Å². The third kappa shape index (κ3) is 4.93. The summed E-state index contributed by atoms with van der Waals surface area (Å²) >= 11 is 0. The number of carbonyl (C=O) groups excluding carboxylic acids is 2. The van der Waals surface area contributed by atoms with Crippen molar-refractivity contribution in [1.82, 2.24) is 15.1 Å². The first-order valence-corrected chi connectivity index (χ1v) is 11.3. The minimum atomic E-state index is -0.0995. The van der Waals surface area contributed by atoms with Crippen molar-refractivity contribution in [1.29, 1.82) is 0 Å². The summed E-state index contributed by atoms with van der Waals surface area (Å²) < 4.78 is 10.8. The van der Waals surface area contributed by atoms with Crippen molar-refractivity contribution in [2.24, 2.45) is 0 Å². The fourth-order valence-corrected chi connectivity index (χ4v) is 4.28. The van der Waals surface area contributed by atoms with Crippen LogP contribution in [0.1, 0.15) is 39.9 Å². The molecule has 33 heavy (non-hydrogen) atoms. The van der Waals surface area contributed by atoms with Crippen molar-refractivity contribution in [2.45, 2.75) is 32.2 Å². The highest BCUT2D eigenvalue weighted by atomic mass is 16.7. The van der Waals surface area contributed by atoms with E-state index in [0.717, 1.165) is 43.0 Å². The van der Waals surface area contributed by atoms with E-state index < -0.39 is 0 Å². The largest absolute Gasteiger partial charge is 0.454 e. The number of hydrogen-bond acceptors (Lipinski definition) is 6. The highest BCUT2D eigenvalue weighted by molar-refractivity contribution is 5.98. The van der Waals surface area contributed by atoms with Crippen LogP contribution in [0.3, 0.4) is 0 Å². The minimum absolute atomic E-state index is 0.0118. The van der Waals surface area contributed by atoms with Gasteiger partial charge in [-0.2, -0.15) is 0 Å². The van der Waals surface area contributed by atoms with Crippen LogP contribution >= 0.6 is 0 Å². The lowest BCUT2D eigenvalue weighted by Gasteiger charge is -2.24. The number of nitrogens with zero attached hydrogens (tertiary/aromatic N) is 2. The van der Waals surface area contributed by atoms with Gasteiger partial charge < -0.3 is 19.7 Å². The number of ether oxygens (including phenoxy) is 2. The smallest absolute Gasteiger partial charge is 0.231 e. The molecule has 7 heteroatoms. The van der Waals surface area contributed by atoms with E-state index in [-0.39, 0.29) is 31.3 Å². The summed E-state index contributed by atoms with van der Waals surface area (Å²) in [7, 11) is 0. The van der Waals surface area contributed by atoms with Gasteiger partial charge in [0.1, 0.15) is 0 Å². The zero-order chi connectivity index (χ0) is 22.6. The quantitative estimate of drug-likeness (QED) is 0.688. The molecule has 2 aromatic rings. The normalized spacial score (nSPS) is 16.5. The Morgan fingerprint density at radius 3 is 2.48 bits per heavy atom. The summed E-state index contributed by atoms with van der Waals surface area (Å²) in [5.41, 5.74) is 4.32. The van der Waals surface area contributed by atoms with E-state index in [9.17, 15) is 9.59 Å². The minimum Gasteiger partial charge on any atom is -0.454 e. The molecule has 170 valence electrons. The number of Topliss-reactive ketones (excluding diaryl/α,β-unsaturated/α-hetero) is 1. The maximum atomic E-state index is 12.7. The van der Waals surface area contributed by atoms with Crippen molar-refractivity contribution >= 4 is 11.7 Å². The van der Waals surface area contributed by atoms with E-state index in [4.69, 9.17) is 9.47 Å². The SMILES string of the molecule is O=C(CCC(=O)N1C=CN(Cc2ccc3c(c2)OCO3)C=C1)c1ccc2c(c1)CCNCC2. The molecular weight excluding hydrogens is 418 g/mol. The Labute approximate surface area is 193 Å². The molecule has 0 saturated carbocycles. The van der Waals surface area contributed by atoms with Crippen molar-refractivity contribution in [2.75, 3.05) is 19.9 Å². The van der Waals surface area contributed by atoms with E-state index in [1.165, 1.54) is 16.0 Å². The lowest BCUT2D eigenvalue weighted by Crippen LogP contribution is -2.25. The molecule has 3 heterocycles. The van der Waals surface area contributed by atoms with Crippen LogP contribution in [0, 0.1) is 0 Å². The lowest BCUT2D eigenvalue weighted by atomic mass is 9.97. The summed E-state index contributed by atoms with van der Waals surface area (Å²) in [6, 6.07) is 11.8. The summed E-state index contributed by atoms with van der Waals surface area (Å²) in [6.45, 7) is 2.81. The Morgan fingerprint density at radius 1 is 0.848 bits per heavy atom. The van der Waals surface area contributed by atoms with Crippen LogP contribution in [0.15, 0.2) is 61.2 Å². The van der Waals surface area contributed by atoms with Gasteiger partial charge in [-0.05, 0) is 60.8 Å². The molecule has 0 bridgehead atoms. The summed E-state index contributed by atoms with van der Waals surface area (Å²) in [5.74, 6) is 1.43. The number of carbonyl (C=O) groups is 2. The molecule has 7 nitrogen and oxygen atoms in total. The number of rotatable bonds is 6. The van der Waals surface area contributed by atoms with Gasteiger partial charge in [-0.3, -0.25) is 14.5 Å². The molecule has 0 saturated heterocycles. The zero-order valence-electron chi connectivity index (χ0n) is 18.5. The van der Waals surface area contributed by atoms with Crippen LogP contribution < -0.4 is 14.8 Å². The molecule has 2 aromatic carbocycles. The number of benzene rings is 2. The maximum absolute atomic E-state index is 12.7. The van der Waals surface area contributed by atoms with Crippen LogP contribution in [-0.4, -0.2) is 41.4 Å². The topological polar surface area (TPSA) is 71.1 Å². The van der Waals surface area contributed by atoms with Gasteiger partial charge in [0.15, 0.2) is 17.3 Å².